The van der Waals surface area contributed by atoms with Crippen molar-refractivity contribution in [2.24, 2.45) is 5.92 Å². The lowest BCUT2D eigenvalue weighted by molar-refractivity contribution is -0.141. The van der Waals surface area contributed by atoms with E-state index in [9.17, 15) is 9.59 Å². The first-order chi connectivity index (χ1) is 15.0. The Bertz CT molecular complexity index is 906. The van der Waals surface area contributed by atoms with Crippen molar-refractivity contribution >= 4 is 11.8 Å². The van der Waals surface area contributed by atoms with E-state index in [1.807, 2.05) is 54.4 Å². The van der Waals surface area contributed by atoms with Crippen molar-refractivity contribution in [2.75, 3.05) is 33.2 Å². The van der Waals surface area contributed by atoms with Gasteiger partial charge in [-0.15, -0.1) is 0 Å². The number of carbonyl (C=O) groups excluding carboxylic acids is 2. The van der Waals surface area contributed by atoms with Crippen LogP contribution in [-0.2, 0) is 22.6 Å². The lowest BCUT2D eigenvalue weighted by Gasteiger charge is -2.40. The summed E-state index contributed by atoms with van der Waals surface area (Å²) in [4.78, 5) is 32.6. The van der Waals surface area contributed by atoms with Gasteiger partial charge in [-0.2, -0.15) is 0 Å². The maximum Gasteiger partial charge on any atom is 0.244 e. The van der Waals surface area contributed by atoms with Gasteiger partial charge in [-0.1, -0.05) is 61.5 Å². The molecule has 5 nitrogen and oxygen atoms in total. The zero-order chi connectivity index (χ0) is 21.8. The van der Waals surface area contributed by atoms with E-state index in [-0.39, 0.29) is 24.4 Å². The molecule has 0 aromatic heterocycles. The zero-order valence-corrected chi connectivity index (χ0v) is 18.7. The molecule has 0 unspecified atom stereocenters. The summed E-state index contributed by atoms with van der Waals surface area (Å²) < 4.78 is 0. The quantitative estimate of drug-likeness (QED) is 0.745. The second kappa shape index (κ2) is 9.65. The zero-order valence-electron chi connectivity index (χ0n) is 18.7. The predicted molar refractivity (Wildman–Crippen MR) is 122 cm³/mol. The number of rotatable bonds is 5. The van der Waals surface area contributed by atoms with Crippen LogP contribution in [0.15, 0.2) is 54.6 Å². The van der Waals surface area contributed by atoms with Crippen molar-refractivity contribution in [2.45, 2.75) is 38.8 Å². The molecule has 2 heterocycles. The van der Waals surface area contributed by atoms with Crippen molar-refractivity contribution in [1.82, 2.24) is 14.7 Å². The number of amides is 2. The number of likely N-dealkylation sites (N-methyl/N-ethyl adjacent to an activating group) is 1. The summed E-state index contributed by atoms with van der Waals surface area (Å²) in [7, 11) is 1.84. The standard InChI is InChI=1S/C26H33N3O2/c1-20-12-15-28(16-13-20)26(31)25-23-11-7-6-10-22(23)14-17-29(25)19-24(30)27(2)18-21-8-4-3-5-9-21/h3-11,20,25H,12-19H2,1-2H3/t25-/m0/s1. The van der Waals surface area contributed by atoms with Crippen LogP contribution >= 0.6 is 0 Å². The number of likely N-dealkylation sites (tertiary alicyclic amines) is 1. The SMILES string of the molecule is CC1CCN(C(=O)[C@@H]2c3ccccc3CCN2CC(=O)N(C)Cc2ccccc2)CC1. The summed E-state index contributed by atoms with van der Waals surface area (Å²) >= 11 is 0. The van der Waals surface area contributed by atoms with Crippen LogP contribution in [0.3, 0.4) is 0 Å². The molecule has 1 saturated heterocycles. The highest BCUT2D eigenvalue weighted by Gasteiger charge is 2.37. The van der Waals surface area contributed by atoms with E-state index in [4.69, 9.17) is 0 Å². The Morgan fingerprint density at radius 3 is 2.39 bits per heavy atom. The summed E-state index contributed by atoms with van der Waals surface area (Å²) in [5.74, 6) is 0.873. The smallest absolute Gasteiger partial charge is 0.244 e. The van der Waals surface area contributed by atoms with E-state index >= 15 is 0 Å². The number of carbonyl (C=O) groups is 2. The Kier molecular flexibility index (Phi) is 6.71. The van der Waals surface area contributed by atoms with Crippen molar-refractivity contribution in [3.05, 3.63) is 71.3 Å². The molecule has 2 aromatic carbocycles. The Balaban J connectivity index is 1.51. The minimum Gasteiger partial charge on any atom is -0.341 e. The van der Waals surface area contributed by atoms with Gasteiger partial charge in [-0.3, -0.25) is 14.5 Å². The van der Waals surface area contributed by atoms with Crippen LogP contribution in [0.2, 0.25) is 0 Å². The number of nitrogens with zero attached hydrogens (tertiary/aromatic N) is 3. The molecule has 5 heteroatoms. The van der Waals surface area contributed by atoms with E-state index in [2.05, 4.69) is 24.0 Å². The third-order valence-electron chi connectivity index (χ3n) is 6.74. The maximum absolute atomic E-state index is 13.6. The molecule has 2 aliphatic rings. The van der Waals surface area contributed by atoms with Gasteiger partial charge in [0.2, 0.25) is 11.8 Å². The van der Waals surface area contributed by atoms with Crippen LogP contribution in [0, 0.1) is 5.92 Å². The number of piperidine rings is 1. The third kappa shape index (κ3) is 4.99. The largest absolute Gasteiger partial charge is 0.341 e. The number of hydrogen-bond donors (Lipinski definition) is 0. The van der Waals surface area contributed by atoms with E-state index in [0.717, 1.165) is 50.0 Å². The summed E-state index contributed by atoms with van der Waals surface area (Å²) in [5.41, 5.74) is 3.40. The van der Waals surface area contributed by atoms with Crippen molar-refractivity contribution in [3.63, 3.8) is 0 Å². The number of benzene rings is 2. The number of hydrogen-bond acceptors (Lipinski definition) is 3. The molecule has 0 saturated carbocycles. The lowest BCUT2D eigenvalue weighted by atomic mass is 9.90. The third-order valence-corrected chi connectivity index (χ3v) is 6.74. The summed E-state index contributed by atoms with van der Waals surface area (Å²) in [5, 5.41) is 0. The molecule has 0 N–H and O–H groups in total. The van der Waals surface area contributed by atoms with Crippen LogP contribution in [0.1, 0.15) is 42.5 Å². The highest BCUT2D eigenvalue weighted by molar-refractivity contribution is 5.85. The van der Waals surface area contributed by atoms with E-state index in [1.54, 1.807) is 4.90 Å². The topological polar surface area (TPSA) is 43.9 Å². The van der Waals surface area contributed by atoms with Gasteiger partial charge in [0.1, 0.15) is 6.04 Å². The van der Waals surface area contributed by atoms with Crippen LogP contribution in [0.5, 0.6) is 0 Å². The fourth-order valence-electron chi connectivity index (χ4n) is 4.72. The Morgan fingerprint density at radius 2 is 1.65 bits per heavy atom. The molecule has 0 radical (unpaired) electrons. The van der Waals surface area contributed by atoms with E-state index < -0.39 is 0 Å². The molecular formula is C26H33N3O2. The average Bonchev–Trinajstić information content (AvgIpc) is 2.79. The molecule has 2 aliphatic heterocycles. The molecule has 0 aliphatic carbocycles. The second-order valence-electron chi connectivity index (χ2n) is 9.07. The van der Waals surface area contributed by atoms with Gasteiger partial charge in [-0.25, -0.2) is 0 Å². The van der Waals surface area contributed by atoms with Crippen molar-refractivity contribution < 1.29 is 9.59 Å². The average molecular weight is 420 g/mol. The summed E-state index contributed by atoms with van der Waals surface area (Å²) in [6, 6.07) is 17.9. The number of fused-ring (bicyclic) bond motifs is 1. The first-order valence-corrected chi connectivity index (χ1v) is 11.4. The fraction of sp³-hybridized carbons (Fsp3) is 0.462. The molecule has 4 rings (SSSR count). The van der Waals surface area contributed by atoms with Gasteiger partial charge in [0.25, 0.3) is 0 Å². The lowest BCUT2D eigenvalue weighted by Crippen LogP contribution is -2.50. The Hall–Kier alpha value is -2.66. The minimum atomic E-state index is -0.368. The first-order valence-electron chi connectivity index (χ1n) is 11.4. The molecule has 164 valence electrons. The normalized spacial score (nSPS) is 19.7. The minimum absolute atomic E-state index is 0.0494. The van der Waals surface area contributed by atoms with Gasteiger partial charge in [0.15, 0.2) is 0 Å². The Morgan fingerprint density at radius 1 is 0.968 bits per heavy atom. The molecule has 1 atom stereocenters. The molecule has 2 amide bonds. The van der Waals surface area contributed by atoms with Gasteiger partial charge < -0.3 is 9.80 Å². The predicted octanol–water partition coefficient (Wildman–Crippen LogP) is 3.50. The first kappa shape index (κ1) is 21.6. The maximum atomic E-state index is 13.6. The van der Waals surface area contributed by atoms with E-state index in [0.29, 0.717) is 12.5 Å². The molecule has 0 bridgehead atoms. The van der Waals surface area contributed by atoms with Gasteiger partial charge in [0, 0.05) is 33.2 Å². The molecule has 0 spiro atoms. The molecular weight excluding hydrogens is 386 g/mol. The van der Waals surface area contributed by atoms with Crippen LogP contribution in [-0.4, -0.2) is 59.7 Å². The van der Waals surface area contributed by atoms with Gasteiger partial charge in [-0.05, 0) is 41.9 Å². The van der Waals surface area contributed by atoms with Gasteiger partial charge in [0.05, 0.1) is 6.54 Å². The van der Waals surface area contributed by atoms with Crippen LogP contribution in [0.25, 0.3) is 0 Å². The molecule has 31 heavy (non-hydrogen) atoms. The monoisotopic (exact) mass is 419 g/mol. The van der Waals surface area contributed by atoms with E-state index in [1.165, 1.54) is 5.56 Å². The van der Waals surface area contributed by atoms with Crippen molar-refractivity contribution in [1.29, 1.82) is 0 Å². The molecule has 2 aromatic rings. The van der Waals surface area contributed by atoms with Gasteiger partial charge >= 0.3 is 0 Å². The second-order valence-corrected chi connectivity index (χ2v) is 9.07. The Labute approximate surface area is 185 Å². The van der Waals surface area contributed by atoms with Crippen molar-refractivity contribution in [3.8, 4) is 0 Å². The molecule has 1 fully saturated rings. The summed E-state index contributed by atoms with van der Waals surface area (Å²) in [6.45, 7) is 5.45. The van der Waals surface area contributed by atoms with Crippen LogP contribution < -0.4 is 0 Å². The summed E-state index contributed by atoms with van der Waals surface area (Å²) in [6.07, 6.45) is 2.98. The highest BCUT2D eigenvalue weighted by atomic mass is 16.2. The van der Waals surface area contributed by atoms with Crippen LogP contribution in [0.4, 0.5) is 0 Å². The highest BCUT2D eigenvalue weighted by Crippen LogP contribution is 2.32. The fourth-order valence-corrected chi connectivity index (χ4v) is 4.72.